The van der Waals surface area contributed by atoms with Gasteiger partial charge in [0.2, 0.25) is 0 Å². The zero-order valence-electron chi connectivity index (χ0n) is 15.5. The molecule has 0 radical (unpaired) electrons. The Morgan fingerprint density at radius 1 is 0.867 bits per heavy atom. The summed E-state index contributed by atoms with van der Waals surface area (Å²) in [6.07, 6.45) is -4.13. The molecule has 7 heteroatoms. The highest BCUT2D eigenvalue weighted by Crippen LogP contribution is 2.24. The van der Waals surface area contributed by atoms with E-state index in [1.54, 1.807) is 18.2 Å². The van der Waals surface area contributed by atoms with Crippen molar-refractivity contribution in [2.75, 3.05) is 0 Å². The summed E-state index contributed by atoms with van der Waals surface area (Å²) in [6.45, 7) is 0. The van der Waals surface area contributed by atoms with Gasteiger partial charge in [-0.3, -0.25) is 4.79 Å². The van der Waals surface area contributed by atoms with E-state index in [-0.39, 0.29) is 11.2 Å². The van der Waals surface area contributed by atoms with E-state index in [1.165, 1.54) is 12.1 Å². The smallest absolute Gasteiger partial charge is 0.406 e. The van der Waals surface area contributed by atoms with Crippen LogP contribution in [0.1, 0.15) is 11.1 Å². The summed E-state index contributed by atoms with van der Waals surface area (Å²) in [5.74, 6) is -0.239. The summed E-state index contributed by atoms with van der Waals surface area (Å²) in [6, 6.07) is 20.8. The molecule has 0 spiro atoms. The Kier molecular flexibility index (Phi) is 5.55. The maximum Gasteiger partial charge on any atom is 0.573 e. The molecule has 3 nitrogen and oxygen atoms in total. The van der Waals surface area contributed by atoms with Crippen LogP contribution >= 0.6 is 22.6 Å². The third-order valence-electron chi connectivity index (χ3n) is 4.62. The average molecular weight is 521 g/mol. The number of aromatic nitrogens is 1. The molecule has 1 aromatic heterocycles. The summed E-state index contributed by atoms with van der Waals surface area (Å²) >= 11 is 2.20. The zero-order chi connectivity index (χ0) is 21.3. The van der Waals surface area contributed by atoms with Crippen LogP contribution in [0, 0.1) is 3.57 Å². The lowest BCUT2D eigenvalue weighted by Gasteiger charge is -2.10. The first-order valence-corrected chi connectivity index (χ1v) is 10.1. The van der Waals surface area contributed by atoms with Crippen LogP contribution in [0.2, 0.25) is 0 Å². The van der Waals surface area contributed by atoms with E-state index >= 15 is 0 Å². The quantitative estimate of drug-likeness (QED) is 0.321. The van der Waals surface area contributed by atoms with Gasteiger partial charge < -0.3 is 9.72 Å². The van der Waals surface area contributed by atoms with E-state index in [4.69, 9.17) is 0 Å². The molecule has 0 unspecified atom stereocenters. The molecule has 1 N–H and O–H groups in total. The fourth-order valence-corrected chi connectivity index (χ4v) is 3.72. The number of alkyl halides is 3. The highest BCUT2D eigenvalue weighted by atomic mass is 127. The SMILES string of the molecule is O=c1cc(-c2ccc(Cc3ccc(OC(F)(F)F)cc3)cc2)[nH]c2cc(I)ccc12. The van der Waals surface area contributed by atoms with Crippen molar-refractivity contribution in [1.29, 1.82) is 0 Å². The van der Waals surface area contributed by atoms with Crippen LogP contribution in [0.5, 0.6) is 5.75 Å². The van der Waals surface area contributed by atoms with Gasteiger partial charge in [-0.05, 0) is 76.0 Å². The first-order chi connectivity index (χ1) is 14.3. The van der Waals surface area contributed by atoms with Crippen molar-refractivity contribution in [2.24, 2.45) is 0 Å². The Hall–Kier alpha value is -2.81. The van der Waals surface area contributed by atoms with Gasteiger partial charge in [0.05, 0.1) is 5.52 Å². The van der Waals surface area contributed by atoms with Gasteiger partial charge >= 0.3 is 6.36 Å². The molecule has 30 heavy (non-hydrogen) atoms. The summed E-state index contributed by atoms with van der Waals surface area (Å²) in [4.78, 5) is 15.7. The molecular formula is C23H15F3INO2. The van der Waals surface area contributed by atoms with Gasteiger partial charge in [0.15, 0.2) is 5.43 Å². The van der Waals surface area contributed by atoms with E-state index in [0.29, 0.717) is 11.8 Å². The summed E-state index contributed by atoms with van der Waals surface area (Å²) in [5.41, 5.74) is 4.22. The molecule has 4 aromatic rings. The van der Waals surface area contributed by atoms with E-state index < -0.39 is 6.36 Å². The van der Waals surface area contributed by atoms with E-state index in [2.05, 4.69) is 32.3 Å². The molecule has 3 aromatic carbocycles. The van der Waals surface area contributed by atoms with Crippen molar-refractivity contribution in [3.63, 3.8) is 0 Å². The summed E-state index contributed by atoms with van der Waals surface area (Å²) in [7, 11) is 0. The van der Waals surface area contributed by atoms with Crippen LogP contribution in [0.4, 0.5) is 13.2 Å². The van der Waals surface area contributed by atoms with Gasteiger partial charge in [-0.25, -0.2) is 0 Å². The lowest BCUT2D eigenvalue weighted by molar-refractivity contribution is -0.274. The summed E-state index contributed by atoms with van der Waals surface area (Å²) in [5, 5.41) is 0.647. The second kappa shape index (κ2) is 8.14. The molecule has 0 fully saturated rings. The Morgan fingerprint density at radius 3 is 2.13 bits per heavy atom. The van der Waals surface area contributed by atoms with Gasteiger partial charge in [0.1, 0.15) is 5.75 Å². The number of rotatable bonds is 4. The summed E-state index contributed by atoms with van der Waals surface area (Å²) < 4.78 is 41.7. The van der Waals surface area contributed by atoms with Gasteiger partial charge in [0.25, 0.3) is 0 Å². The molecular weight excluding hydrogens is 506 g/mol. The Bertz CT molecular complexity index is 1250. The van der Waals surface area contributed by atoms with Crippen LogP contribution in [0.3, 0.4) is 0 Å². The monoisotopic (exact) mass is 521 g/mol. The van der Waals surface area contributed by atoms with Gasteiger partial charge in [0, 0.05) is 20.7 Å². The fraction of sp³-hybridized carbons (Fsp3) is 0.0870. The first kappa shape index (κ1) is 20.5. The van der Waals surface area contributed by atoms with E-state index in [9.17, 15) is 18.0 Å². The Balaban J connectivity index is 1.53. The van der Waals surface area contributed by atoms with Gasteiger partial charge in [-0.2, -0.15) is 0 Å². The molecule has 0 aliphatic heterocycles. The number of H-pyrrole nitrogens is 1. The standard InChI is InChI=1S/C23H15F3INO2/c24-23(25,26)30-18-8-3-15(4-9-18)11-14-1-5-16(6-2-14)20-13-22(29)19-10-7-17(27)12-21(19)28-20/h1-10,12-13H,11H2,(H,28,29). The van der Waals surface area contributed by atoms with Gasteiger partial charge in [-0.15, -0.1) is 13.2 Å². The molecule has 152 valence electrons. The van der Waals surface area contributed by atoms with Crippen LogP contribution in [-0.2, 0) is 6.42 Å². The number of benzene rings is 3. The number of hydrogen-bond acceptors (Lipinski definition) is 2. The van der Waals surface area contributed by atoms with Crippen molar-refractivity contribution in [2.45, 2.75) is 12.8 Å². The maximum atomic E-state index is 12.4. The molecule has 0 bridgehead atoms. The van der Waals surface area contributed by atoms with Crippen molar-refractivity contribution >= 4 is 33.5 Å². The number of fused-ring (bicyclic) bond motifs is 1. The van der Waals surface area contributed by atoms with Crippen LogP contribution in [-0.4, -0.2) is 11.3 Å². The van der Waals surface area contributed by atoms with E-state index in [1.807, 2.05) is 42.5 Å². The number of pyridine rings is 1. The average Bonchev–Trinajstić information content (AvgIpc) is 2.68. The van der Waals surface area contributed by atoms with Crippen molar-refractivity contribution in [1.82, 2.24) is 4.98 Å². The topological polar surface area (TPSA) is 42.1 Å². The first-order valence-electron chi connectivity index (χ1n) is 9.03. The Morgan fingerprint density at radius 2 is 1.50 bits per heavy atom. The van der Waals surface area contributed by atoms with Gasteiger partial charge in [-0.1, -0.05) is 36.4 Å². The molecule has 0 aliphatic carbocycles. The number of hydrogen-bond donors (Lipinski definition) is 1. The number of aromatic amines is 1. The zero-order valence-corrected chi connectivity index (χ0v) is 17.6. The molecule has 4 rings (SSSR count). The lowest BCUT2D eigenvalue weighted by Crippen LogP contribution is -2.17. The van der Waals surface area contributed by atoms with Crippen LogP contribution in [0.15, 0.2) is 77.6 Å². The third-order valence-corrected chi connectivity index (χ3v) is 5.29. The normalized spacial score (nSPS) is 11.6. The molecule has 0 saturated carbocycles. The van der Waals surface area contributed by atoms with Crippen LogP contribution in [0.25, 0.3) is 22.2 Å². The van der Waals surface area contributed by atoms with E-state index in [0.717, 1.165) is 31.5 Å². The number of ether oxygens (including phenoxy) is 1. The minimum absolute atomic E-state index is 0.0413. The maximum absolute atomic E-state index is 12.4. The third kappa shape index (κ3) is 4.84. The highest BCUT2D eigenvalue weighted by molar-refractivity contribution is 14.1. The number of halogens is 4. The van der Waals surface area contributed by atoms with Crippen molar-refractivity contribution in [3.8, 4) is 17.0 Å². The van der Waals surface area contributed by atoms with Crippen molar-refractivity contribution in [3.05, 3.63) is 97.7 Å². The molecule has 0 amide bonds. The molecule has 1 heterocycles. The predicted molar refractivity (Wildman–Crippen MR) is 119 cm³/mol. The fourth-order valence-electron chi connectivity index (χ4n) is 3.23. The highest BCUT2D eigenvalue weighted by Gasteiger charge is 2.30. The van der Waals surface area contributed by atoms with Crippen LogP contribution < -0.4 is 10.2 Å². The predicted octanol–water partition coefficient (Wildman–Crippen LogP) is 6.29. The molecule has 0 saturated heterocycles. The second-order valence-corrected chi connectivity index (χ2v) is 8.05. The largest absolute Gasteiger partial charge is 0.573 e. The number of nitrogens with one attached hydrogen (secondary N) is 1. The Labute approximate surface area is 183 Å². The second-order valence-electron chi connectivity index (χ2n) is 6.80. The minimum Gasteiger partial charge on any atom is -0.406 e. The molecule has 0 aliphatic rings. The lowest BCUT2D eigenvalue weighted by atomic mass is 10.0. The molecule has 0 atom stereocenters. The van der Waals surface area contributed by atoms with Crippen molar-refractivity contribution < 1.29 is 17.9 Å². The minimum atomic E-state index is -4.70.